The largest absolute Gasteiger partial charge is 0.457 e. The van der Waals surface area contributed by atoms with E-state index in [2.05, 4.69) is 10.6 Å². The van der Waals surface area contributed by atoms with E-state index < -0.39 is 0 Å². The molecule has 20 heavy (non-hydrogen) atoms. The highest BCUT2D eigenvalue weighted by Crippen LogP contribution is 2.22. The number of amides is 2. The Bertz CT molecular complexity index is 538. The van der Waals surface area contributed by atoms with E-state index in [1.165, 1.54) is 0 Å². The number of rotatable bonds is 5. The molecule has 2 aromatic rings. The summed E-state index contributed by atoms with van der Waals surface area (Å²) in [4.78, 5) is 11.5. The fraction of sp³-hybridized carbons (Fsp3) is 0.188. The van der Waals surface area contributed by atoms with Crippen molar-refractivity contribution in [1.29, 1.82) is 0 Å². The van der Waals surface area contributed by atoms with E-state index in [-0.39, 0.29) is 6.03 Å². The highest BCUT2D eigenvalue weighted by atomic mass is 16.5. The van der Waals surface area contributed by atoms with Crippen LogP contribution in [0, 0.1) is 0 Å². The highest BCUT2D eigenvalue weighted by molar-refractivity contribution is 5.89. The van der Waals surface area contributed by atoms with Gasteiger partial charge in [-0.1, -0.05) is 25.1 Å². The average Bonchev–Trinajstić information content (AvgIpc) is 2.48. The summed E-state index contributed by atoms with van der Waals surface area (Å²) < 4.78 is 5.67. The molecular formula is C16H18N2O2. The number of urea groups is 1. The first-order valence-electron chi connectivity index (χ1n) is 6.66. The van der Waals surface area contributed by atoms with Gasteiger partial charge in [-0.3, -0.25) is 0 Å². The van der Waals surface area contributed by atoms with Crippen LogP contribution in [0.5, 0.6) is 11.5 Å². The number of hydrogen-bond donors (Lipinski definition) is 2. The van der Waals surface area contributed by atoms with Crippen LogP contribution in [-0.4, -0.2) is 12.6 Å². The molecule has 4 heteroatoms. The lowest BCUT2D eigenvalue weighted by molar-refractivity contribution is 0.252. The molecule has 0 atom stereocenters. The molecule has 2 rings (SSSR count). The fourth-order valence-corrected chi connectivity index (χ4v) is 1.64. The summed E-state index contributed by atoms with van der Waals surface area (Å²) in [5.74, 6) is 1.52. The fourth-order valence-electron chi connectivity index (χ4n) is 1.64. The van der Waals surface area contributed by atoms with Gasteiger partial charge in [-0.05, 0) is 42.8 Å². The number of nitrogens with one attached hydrogen (secondary N) is 2. The summed E-state index contributed by atoms with van der Waals surface area (Å²) in [6.45, 7) is 2.68. The second-order valence-electron chi connectivity index (χ2n) is 4.32. The van der Waals surface area contributed by atoms with Gasteiger partial charge in [0.25, 0.3) is 0 Å². The van der Waals surface area contributed by atoms with Crippen molar-refractivity contribution in [3.05, 3.63) is 54.6 Å². The number of anilines is 1. The Balaban J connectivity index is 1.91. The van der Waals surface area contributed by atoms with E-state index in [0.29, 0.717) is 6.54 Å². The Kier molecular flexibility index (Phi) is 5.00. The van der Waals surface area contributed by atoms with Crippen molar-refractivity contribution in [3.63, 3.8) is 0 Å². The van der Waals surface area contributed by atoms with Crippen LogP contribution < -0.4 is 15.4 Å². The van der Waals surface area contributed by atoms with Crippen LogP contribution in [0.2, 0.25) is 0 Å². The van der Waals surface area contributed by atoms with Crippen molar-refractivity contribution in [1.82, 2.24) is 5.32 Å². The smallest absolute Gasteiger partial charge is 0.319 e. The van der Waals surface area contributed by atoms with E-state index in [9.17, 15) is 4.79 Å². The molecule has 2 N–H and O–H groups in total. The lowest BCUT2D eigenvalue weighted by Crippen LogP contribution is -2.29. The Labute approximate surface area is 118 Å². The third-order valence-electron chi connectivity index (χ3n) is 2.63. The molecule has 0 unspecified atom stereocenters. The van der Waals surface area contributed by atoms with Crippen LogP contribution in [0.4, 0.5) is 10.5 Å². The van der Waals surface area contributed by atoms with E-state index in [4.69, 9.17) is 4.74 Å². The third-order valence-corrected chi connectivity index (χ3v) is 2.63. The van der Waals surface area contributed by atoms with Crippen LogP contribution in [0.1, 0.15) is 13.3 Å². The second-order valence-corrected chi connectivity index (χ2v) is 4.32. The number of benzene rings is 2. The van der Waals surface area contributed by atoms with Gasteiger partial charge in [-0.25, -0.2) is 4.79 Å². The SMILES string of the molecule is CCCNC(=O)Nc1ccc(Oc2ccccc2)cc1. The first-order chi connectivity index (χ1) is 9.78. The predicted octanol–water partition coefficient (Wildman–Crippen LogP) is 4.01. The normalized spacial score (nSPS) is 9.85. The van der Waals surface area contributed by atoms with Crippen molar-refractivity contribution in [2.75, 3.05) is 11.9 Å². The molecule has 0 radical (unpaired) electrons. The van der Waals surface area contributed by atoms with Gasteiger partial charge in [0.2, 0.25) is 0 Å². The molecule has 2 amide bonds. The van der Waals surface area contributed by atoms with Crippen molar-refractivity contribution < 1.29 is 9.53 Å². The Morgan fingerprint density at radius 1 is 1.00 bits per heavy atom. The molecule has 0 fully saturated rings. The van der Waals surface area contributed by atoms with Crippen LogP contribution in [0.15, 0.2) is 54.6 Å². The monoisotopic (exact) mass is 270 g/mol. The summed E-state index contributed by atoms with van der Waals surface area (Å²) in [6.07, 6.45) is 0.914. The Hall–Kier alpha value is -2.49. The molecule has 0 heterocycles. The maximum absolute atomic E-state index is 11.5. The Morgan fingerprint density at radius 2 is 1.65 bits per heavy atom. The molecular weight excluding hydrogens is 252 g/mol. The molecule has 0 spiro atoms. The van der Waals surface area contributed by atoms with Gasteiger partial charge >= 0.3 is 6.03 Å². The molecule has 2 aromatic carbocycles. The molecule has 0 saturated heterocycles. The highest BCUT2D eigenvalue weighted by Gasteiger charge is 2.01. The van der Waals surface area contributed by atoms with Gasteiger partial charge in [-0.2, -0.15) is 0 Å². The quantitative estimate of drug-likeness (QED) is 0.862. The summed E-state index contributed by atoms with van der Waals surface area (Å²) in [6, 6.07) is 16.6. The van der Waals surface area contributed by atoms with Gasteiger partial charge in [0.15, 0.2) is 0 Å². The zero-order valence-corrected chi connectivity index (χ0v) is 11.4. The maximum Gasteiger partial charge on any atom is 0.319 e. The zero-order chi connectivity index (χ0) is 14.2. The standard InChI is InChI=1S/C16H18N2O2/c1-2-12-17-16(19)18-13-8-10-15(11-9-13)20-14-6-4-3-5-7-14/h3-11H,2,12H2,1H3,(H2,17,18,19). The summed E-state index contributed by atoms with van der Waals surface area (Å²) in [7, 11) is 0. The predicted molar refractivity (Wildman–Crippen MR) is 80.3 cm³/mol. The minimum Gasteiger partial charge on any atom is -0.457 e. The molecule has 0 aliphatic rings. The van der Waals surface area contributed by atoms with Crippen molar-refractivity contribution >= 4 is 11.7 Å². The van der Waals surface area contributed by atoms with E-state index in [1.807, 2.05) is 61.5 Å². The first kappa shape index (κ1) is 13.9. The number of carbonyl (C=O) groups excluding carboxylic acids is 1. The molecule has 0 aliphatic heterocycles. The van der Waals surface area contributed by atoms with E-state index in [0.717, 1.165) is 23.6 Å². The van der Waals surface area contributed by atoms with Crippen molar-refractivity contribution in [3.8, 4) is 11.5 Å². The minimum atomic E-state index is -0.191. The van der Waals surface area contributed by atoms with Crippen molar-refractivity contribution in [2.45, 2.75) is 13.3 Å². The average molecular weight is 270 g/mol. The van der Waals surface area contributed by atoms with E-state index in [1.54, 1.807) is 0 Å². The number of ether oxygens (including phenoxy) is 1. The summed E-state index contributed by atoms with van der Waals surface area (Å²) in [5, 5.41) is 5.52. The Morgan fingerprint density at radius 3 is 2.30 bits per heavy atom. The van der Waals surface area contributed by atoms with Crippen LogP contribution >= 0.6 is 0 Å². The molecule has 0 aliphatic carbocycles. The van der Waals surface area contributed by atoms with Crippen LogP contribution in [-0.2, 0) is 0 Å². The molecule has 0 saturated carbocycles. The van der Waals surface area contributed by atoms with Gasteiger partial charge < -0.3 is 15.4 Å². The number of hydrogen-bond acceptors (Lipinski definition) is 2. The van der Waals surface area contributed by atoms with Gasteiger partial charge in [0, 0.05) is 12.2 Å². The molecule has 4 nitrogen and oxygen atoms in total. The second kappa shape index (κ2) is 7.19. The topological polar surface area (TPSA) is 50.4 Å². The third kappa shape index (κ3) is 4.31. The summed E-state index contributed by atoms with van der Waals surface area (Å²) >= 11 is 0. The molecule has 0 aromatic heterocycles. The van der Waals surface area contributed by atoms with Gasteiger partial charge in [0.1, 0.15) is 11.5 Å². The number of para-hydroxylation sites is 1. The number of carbonyl (C=O) groups is 1. The maximum atomic E-state index is 11.5. The van der Waals surface area contributed by atoms with Gasteiger partial charge in [-0.15, -0.1) is 0 Å². The molecule has 0 bridgehead atoms. The van der Waals surface area contributed by atoms with Crippen LogP contribution in [0.3, 0.4) is 0 Å². The van der Waals surface area contributed by atoms with Gasteiger partial charge in [0.05, 0.1) is 0 Å². The lowest BCUT2D eigenvalue weighted by Gasteiger charge is -2.08. The molecule has 104 valence electrons. The minimum absolute atomic E-state index is 0.191. The van der Waals surface area contributed by atoms with Crippen LogP contribution in [0.25, 0.3) is 0 Å². The van der Waals surface area contributed by atoms with E-state index >= 15 is 0 Å². The first-order valence-corrected chi connectivity index (χ1v) is 6.66. The van der Waals surface area contributed by atoms with Crippen molar-refractivity contribution in [2.24, 2.45) is 0 Å². The summed E-state index contributed by atoms with van der Waals surface area (Å²) in [5.41, 5.74) is 0.735. The zero-order valence-electron chi connectivity index (χ0n) is 11.4. The lowest BCUT2D eigenvalue weighted by atomic mass is 10.3.